The van der Waals surface area contributed by atoms with Crippen LogP contribution in [0.2, 0.25) is 0 Å². The largest absolute Gasteiger partial charge is 0.858 e. The van der Waals surface area contributed by atoms with Gasteiger partial charge in [0.25, 0.3) is 0 Å². The molecule has 0 aromatic heterocycles. The molecule has 4 nitrogen and oxygen atoms in total. The zero-order valence-corrected chi connectivity index (χ0v) is 7.37. The molecule has 0 bridgehead atoms. The van der Waals surface area contributed by atoms with Gasteiger partial charge in [-0.15, -0.1) is 5.10 Å². The van der Waals surface area contributed by atoms with E-state index < -0.39 is 0 Å². The predicted molar refractivity (Wildman–Crippen MR) is 41.8 cm³/mol. The van der Waals surface area contributed by atoms with E-state index >= 15 is 0 Å². The van der Waals surface area contributed by atoms with Crippen molar-refractivity contribution in [3.63, 3.8) is 0 Å². The number of nitrogens with zero attached hydrogens (tertiary/aromatic N) is 2. The van der Waals surface area contributed by atoms with E-state index in [1.165, 1.54) is 0 Å². The molecule has 0 radical (unpaired) electrons. The van der Waals surface area contributed by atoms with Gasteiger partial charge in [-0.1, -0.05) is 0 Å². The standard InChI is InChI=1S/C7H16N2O2/c1-9(2,3)8-7(11)5-4-6-10/h10H,4-6H2,1-3H3. The Morgan fingerprint density at radius 1 is 1.45 bits per heavy atom. The van der Waals surface area contributed by atoms with Crippen molar-refractivity contribution in [2.24, 2.45) is 5.10 Å². The molecule has 0 fully saturated rings. The van der Waals surface area contributed by atoms with Gasteiger partial charge in [0.05, 0.1) is 21.1 Å². The number of hydrogen-bond acceptors (Lipinski definition) is 3. The molecule has 0 aliphatic carbocycles. The van der Waals surface area contributed by atoms with E-state index in [1.54, 1.807) is 0 Å². The Morgan fingerprint density at radius 3 is 2.36 bits per heavy atom. The highest BCUT2D eigenvalue weighted by Gasteiger charge is 2.01. The van der Waals surface area contributed by atoms with Crippen molar-refractivity contribution in [2.75, 3.05) is 27.7 Å². The van der Waals surface area contributed by atoms with Gasteiger partial charge in [0, 0.05) is 12.5 Å². The molecular formula is C7H16N2O2. The summed E-state index contributed by atoms with van der Waals surface area (Å²) in [4.78, 5) is 0. The first-order chi connectivity index (χ1) is 4.95. The predicted octanol–water partition coefficient (Wildman–Crippen LogP) is -0.861. The highest BCUT2D eigenvalue weighted by Crippen LogP contribution is 1.94. The summed E-state index contributed by atoms with van der Waals surface area (Å²) in [5.74, 6) is -0.147. The molecule has 0 spiro atoms. The third-order valence-corrected chi connectivity index (χ3v) is 0.960. The van der Waals surface area contributed by atoms with Gasteiger partial charge in [-0.2, -0.15) is 0 Å². The third kappa shape index (κ3) is 7.29. The molecule has 0 aromatic carbocycles. The van der Waals surface area contributed by atoms with Crippen LogP contribution in [0.1, 0.15) is 12.8 Å². The summed E-state index contributed by atoms with van der Waals surface area (Å²) in [6, 6.07) is 0. The van der Waals surface area contributed by atoms with Crippen molar-refractivity contribution in [1.29, 1.82) is 0 Å². The average Bonchev–Trinajstić information content (AvgIpc) is 1.79. The van der Waals surface area contributed by atoms with Crippen molar-refractivity contribution in [1.82, 2.24) is 0 Å². The maximum Gasteiger partial charge on any atom is 0.0923 e. The van der Waals surface area contributed by atoms with Crippen molar-refractivity contribution in [2.45, 2.75) is 12.8 Å². The van der Waals surface area contributed by atoms with E-state index in [9.17, 15) is 5.11 Å². The number of rotatable bonds is 4. The molecule has 1 N–H and O–H groups in total. The summed E-state index contributed by atoms with van der Waals surface area (Å²) in [5.41, 5.74) is 0. The number of hydrogen-bond donors (Lipinski definition) is 1. The maximum absolute atomic E-state index is 10.9. The van der Waals surface area contributed by atoms with Crippen LogP contribution >= 0.6 is 0 Å². The van der Waals surface area contributed by atoms with Gasteiger partial charge in [-0.25, -0.2) is 4.59 Å². The number of aliphatic hydroxyl groups excluding tert-OH is 1. The molecule has 0 unspecified atom stereocenters. The van der Waals surface area contributed by atoms with Crippen LogP contribution in [0.5, 0.6) is 0 Å². The lowest BCUT2D eigenvalue weighted by Crippen LogP contribution is -2.32. The van der Waals surface area contributed by atoms with Crippen LogP contribution in [0.4, 0.5) is 0 Å². The maximum atomic E-state index is 10.9. The molecule has 0 heterocycles. The molecule has 0 saturated heterocycles. The van der Waals surface area contributed by atoms with E-state index in [0.717, 1.165) is 0 Å². The fourth-order valence-corrected chi connectivity index (χ4v) is 0.615. The normalized spacial score (nSPS) is 13.6. The van der Waals surface area contributed by atoms with Crippen molar-refractivity contribution in [3.05, 3.63) is 0 Å². The second kappa shape index (κ2) is 4.31. The Balaban J connectivity index is 3.81. The highest BCUT2D eigenvalue weighted by molar-refractivity contribution is 5.70. The summed E-state index contributed by atoms with van der Waals surface area (Å²) >= 11 is 0. The molecule has 0 amide bonds. The zero-order valence-electron chi connectivity index (χ0n) is 7.37. The molecule has 0 aliphatic heterocycles. The van der Waals surface area contributed by atoms with Gasteiger partial charge in [0.2, 0.25) is 0 Å². The second-order valence-electron chi connectivity index (χ2n) is 3.26. The molecule has 66 valence electrons. The first kappa shape index (κ1) is 10.4. The zero-order chi connectivity index (χ0) is 8.91. The Hall–Kier alpha value is -0.610. The summed E-state index contributed by atoms with van der Waals surface area (Å²) in [5, 5.41) is 23.2. The fourth-order valence-electron chi connectivity index (χ4n) is 0.615. The molecule has 4 heteroatoms. The van der Waals surface area contributed by atoms with E-state index in [-0.39, 0.29) is 12.5 Å². The van der Waals surface area contributed by atoms with Crippen LogP contribution in [-0.4, -0.2) is 43.3 Å². The van der Waals surface area contributed by atoms with Gasteiger partial charge < -0.3 is 10.2 Å². The minimum Gasteiger partial charge on any atom is -0.858 e. The molecule has 11 heavy (non-hydrogen) atoms. The van der Waals surface area contributed by atoms with E-state index in [4.69, 9.17) is 5.11 Å². The van der Waals surface area contributed by atoms with Gasteiger partial charge in [0.1, 0.15) is 0 Å². The molecule has 0 saturated carbocycles. The minimum absolute atomic E-state index is 0.0540. The monoisotopic (exact) mass is 160 g/mol. The van der Waals surface area contributed by atoms with Gasteiger partial charge in [0.15, 0.2) is 0 Å². The van der Waals surface area contributed by atoms with Crippen LogP contribution in [0.25, 0.3) is 0 Å². The first-order valence-corrected chi connectivity index (χ1v) is 3.64. The van der Waals surface area contributed by atoms with Crippen LogP contribution in [-0.2, 0) is 0 Å². The molecule has 0 aliphatic rings. The van der Waals surface area contributed by atoms with Crippen molar-refractivity contribution >= 4 is 5.90 Å². The fraction of sp³-hybridized carbons (Fsp3) is 0.857. The number of aliphatic hydroxyl groups is 1. The van der Waals surface area contributed by atoms with Crippen LogP contribution in [0.15, 0.2) is 5.10 Å². The Bertz CT molecular complexity index is 138. The SMILES string of the molecule is C[N+](C)(C)/N=C(\[O-])CCCO. The summed E-state index contributed by atoms with van der Waals surface area (Å²) in [7, 11) is 5.45. The Labute approximate surface area is 67.4 Å². The van der Waals surface area contributed by atoms with Crippen LogP contribution < -0.4 is 5.11 Å². The second-order valence-corrected chi connectivity index (χ2v) is 3.26. The van der Waals surface area contributed by atoms with Crippen LogP contribution in [0.3, 0.4) is 0 Å². The quantitative estimate of drug-likeness (QED) is 0.252. The summed E-state index contributed by atoms with van der Waals surface area (Å²) in [6.07, 6.45) is 0.842. The van der Waals surface area contributed by atoms with Gasteiger partial charge in [-0.3, -0.25) is 0 Å². The topological polar surface area (TPSA) is 55.7 Å². The summed E-state index contributed by atoms with van der Waals surface area (Å²) in [6.45, 7) is 0.0540. The van der Waals surface area contributed by atoms with Gasteiger partial charge in [-0.05, 0) is 12.8 Å². The Kier molecular flexibility index (Phi) is 4.07. The average molecular weight is 160 g/mol. The minimum atomic E-state index is -0.147. The first-order valence-electron chi connectivity index (χ1n) is 3.64. The lowest BCUT2D eigenvalue weighted by Gasteiger charge is -2.19. The summed E-state index contributed by atoms with van der Waals surface area (Å²) < 4.78 is 0.296. The highest BCUT2D eigenvalue weighted by atomic mass is 16.3. The third-order valence-electron chi connectivity index (χ3n) is 0.960. The van der Waals surface area contributed by atoms with Crippen LogP contribution in [0, 0.1) is 0 Å². The van der Waals surface area contributed by atoms with E-state index in [2.05, 4.69) is 5.10 Å². The number of quaternary nitrogens is 1. The lowest BCUT2D eigenvalue weighted by atomic mass is 10.3. The molecule has 0 aromatic rings. The molecule has 0 rings (SSSR count). The van der Waals surface area contributed by atoms with E-state index in [0.29, 0.717) is 17.4 Å². The van der Waals surface area contributed by atoms with Crippen molar-refractivity contribution in [3.8, 4) is 0 Å². The Morgan fingerprint density at radius 2 is 2.00 bits per heavy atom. The molecule has 0 atom stereocenters. The van der Waals surface area contributed by atoms with Gasteiger partial charge >= 0.3 is 0 Å². The van der Waals surface area contributed by atoms with E-state index in [1.807, 2.05) is 21.1 Å². The lowest BCUT2D eigenvalue weighted by molar-refractivity contribution is -0.878. The smallest absolute Gasteiger partial charge is 0.0923 e. The van der Waals surface area contributed by atoms with Crippen molar-refractivity contribution < 1.29 is 14.8 Å². The molecular weight excluding hydrogens is 144 g/mol.